The van der Waals surface area contributed by atoms with E-state index in [1.807, 2.05) is 29.2 Å². The minimum Gasteiger partial charge on any atom is -0.381 e. The lowest BCUT2D eigenvalue weighted by atomic mass is 9.72. The lowest BCUT2D eigenvalue weighted by molar-refractivity contribution is -0.146. The van der Waals surface area contributed by atoms with Crippen LogP contribution in [0.1, 0.15) is 29.5 Å². The van der Waals surface area contributed by atoms with Crippen LogP contribution in [0.3, 0.4) is 0 Å². The number of hydrogen-bond donors (Lipinski definition) is 1. The van der Waals surface area contributed by atoms with Crippen LogP contribution >= 0.6 is 0 Å². The van der Waals surface area contributed by atoms with Crippen LogP contribution in [0.5, 0.6) is 0 Å². The number of rotatable bonds is 5. The van der Waals surface area contributed by atoms with Gasteiger partial charge in [-0.1, -0.05) is 60.2 Å². The monoisotopic (exact) mass is 435 g/mol. The van der Waals surface area contributed by atoms with E-state index < -0.39 is 5.41 Å². The van der Waals surface area contributed by atoms with E-state index >= 15 is 0 Å². The summed E-state index contributed by atoms with van der Waals surface area (Å²) in [7, 11) is 1.66. The number of benzene rings is 2. The summed E-state index contributed by atoms with van der Waals surface area (Å²) >= 11 is 0. The molecule has 0 aliphatic carbocycles. The molecule has 0 spiro atoms. The van der Waals surface area contributed by atoms with Crippen molar-refractivity contribution in [2.24, 2.45) is 0 Å². The van der Waals surface area contributed by atoms with Crippen molar-refractivity contribution >= 4 is 11.8 Å². The quantitative estimate of drug-likeness (QED) is 0.784. The van der Waals surface area contributed by atoms with Crippen LogP contribution in [0, 0.1) is 6.92 Å². The normalized spacial score (nSPS) is 21.2. The minimum absolute atomic E-state index is 0.0463. The molecule has 0 radical (unpaired) electrons. The average Bonchev–Trinajstić information content (AvgIpc) is 2.84. The van der Waals surface area contributed by atoms with Crippen LogP contribution < -0.4 is 5.32 Å². The molecule has 32 heavy (non-hydrogen) atoms. The molecule has 2 saturated heterocycles. The Kier molecular flexibility index (Phi) is 6.92. The second kappa shape index (κ2) is 9.84. The van der Waals surface area contributed by atoms with Crippen LogP contribution in [-0.2, 0) is 26.3 Å². The summed E-state index contributed by atoms with van der Waals surface area (Å²) in [5, 5.41) is 2.80. The van der Waals surface area contributed by atoms with Crippen molar-refractivity contribution < 1.29 is 14.3 Å². The van der Waals surface area contributed by atoms with Crippen molar-refractivity contribution in [3.05, 3.63) is 71.3 Å². The van der Waals surface area contributed by atoms with Gasteiger partial charge in [0.05, 0.1) is 5.41 Å². The molecule has 2 aromatic rings. The van der Waals surface area contributed by atoms with Gasteiger partial charge >= 0.3 is 0 Å². The number of ether oxygens (including phenoxy) is 1. The second-order valence-corrected chi connectivity index (χ2v) is 8.90. The summed E-state index contributed by atoms with van der Waals surface area (Å²) in [6, 6.07) is 18.1. The highest BCUT2D eigenvalue weighted by Gasteiger charge is 2.46. The van der Waals surface area contributed by atoms with Gasteiger partial charge in [0.15, 0.2) is 0 Å². The Morgan fingerprint density at radius 2 is 1.81 bits per heavy atom. The highest BCUT2D eigenvalue weighted by atomic mass is 16.5. The molecular weight excluding hydrogens is 402 g/mol. The number of hydrogen-bond acceptors (Lipinski definition) is 4. The van der Waals surface area contributed by atoms with E-state index in [0.29, 0.717) is 52.2 Å². The molecule has 2 aliphatic heterocycles. The van der Waals surface area contributed by atoms with Crippen molar-refractivity contribution in [3.8, 4) is 0 Å². The number of amides is 2. The Bertz CT molecular complexity index is 940. The molecule has 0 saturated carbocycles. The van der Waals surface area contributed by atoms with Crippen LogP contribution in [0.15, 0.2) is 54.6 Å². The lowest BCUT2D eigenvalue weighted by Crippen LogP contribution is -2.62. The first-order valence-electron chi connectivity index (χ1n) is 11.5. The number of nitrogens with zero attached hydrogens (tertiary/aromatic N) is 2. The molecule has 2 heterocycles. The standard InChI is InChI=1S/C26H33N3O3/c1-20-7-6-10-22(17-20)26(11-15-32-16-12-26)25(31)29-14-13-28(23(19-29)24(30)27-2)18-21-8-4-3-5-9-21/h3-10,17,23H,11-16,18-19H2,1-2H3,(H,27,30). The molecule has 0 aromatic heterocycles. The summed E-state index contributed by atoms with van der Waals surface area (Å²) in [6.07, 6.45) is 1.34. The summed E-state index contributed by atoms with van der Waals surface area (Å²) in [4.78, 5) is 30.9. The van der Waals surface area contributed by atoms with Crippen molar-refractivity contribution in [1.82, 2.24) is 15.1 Å². The molecule has 1 unspecified atom stereocenters. The van der Waals surface area contributed by atoms with Crippen LogP contribution in [0.25, 0.3) is 0 Å². The smallest absolute Gasteiger partial charge is 0.238 e. The van der Waals surface area contributed by atoms with Gasteiger partial charge in [-0.05, 0) is 30.9 Å². The van der Waals surface area contributed by atoms with Crippen LogP contribution in [0.4, 0.5) is 0 Å². The molecule has 2 aromatic carbocycles. The first kappa shape index (κ1) is 22.5. The molecule has 6 heteroatoms. The van der Waals surface area contributed by atoms with Gasteiger partial charge in [-0.25, -0.2) is 0 Å². The molecule has 4 rings (SSSR count). The number of piperazine rings is 1. The Morgan fingerprint density at radius 3 is 2.50 bits per heavy atom. The van der Waals surface area contributed by atoms with E-state index in [2.05, 4.69) is 47.5 Å². The Balaban J connectivity index is 1.58. The van der Waals surface area contributed by atoms with Gasteiger partial charge in [-0.3, -0.25) is 14.5 Å². The Labute approximate surface area is 190 Å². The van der Waals surface area contributed by atoms with Gasteiger partial charge in [0.1, 0.15) is 6.04 Å². The predicted molar refractivity (Wildman–Crippen MR) is 124 cm³/mol. The largest absolute Gasteiger partial charge is 0.381 e. The summed E-state index contributed by atoms with van der Waals surface area (Å²) in [5.41, 5.74) is 2.80. The zero-order valence-corrected chi connectivity index (χ0v) is 19.0. The molecule has 2 aliphatic rings. The fourth-order valence-electron chi connectivity index (χ4n) is 5.02. The first-order valence-corrected chi connectivity index (χ1v) is 11.5. The van der Waals surface area contributed by atoms with Gasteiger partial charge < -0.3 is 15.0 Å². The Hall–Kier alpha value is -2.70. The van der Waals surface area contributed by atoms with E-state index in [-0.39, 0.29) is 17.9 Å². The molecular formula is C26H33N3O3. The number of carbonyl (C=O) groups is 2. The molecule has 6 nitrogen and oxygen atoms in total. The topological polar surface area (TPSA) is 61.9 Å². The summed E-state index contributed by atoms with van der Waals surface area (Å²) in [5.74, 6) is 0.0784. The zero-order chi connectivity index (χ0) is 22.6. The minimum atomic E-state index is -0.584. The van der Waals surface area contributed by atoms with Crippen molar-refractivity contribution in [1.29, 1.82) is 0 Å². The highest BCUT2D eigenvalue weighted by molar-refractivity contribution is 5.90. The maximum atomic E-state index is 14.0. The number of aryl methyl sites for hydroxylation is 1. The van der Waals surface area contributed by atoms with Crippen molar-refractivity contribution in [2.75, 3.05) is 39.9 Å². The first-order chi connectivity index (χ1) is 15.5. The van der Waals surface area contributed by atoms with E-state index in [4.69, 9.17) is 4.74 Å². The van der Waals surface area contributed by atoms with Gasteiger partial charge in [-0.15, -0.1) is 0 Å². The fraction of sp³-hybridized carbons (Fsp3) is 0.462. The van der Waals surface area contributed by atoms with E-state index in [1.165, 1.54) is 5.56 Å². The number of nitrogens with one attached hydrogen (secondary N) is 1. The number of likely N-dealkylation sites (N-methyl/N-ethyl adjacent to an activating group) is 1. The third-order valence-electron chi connectivity index (χ3n) is 6.88. The van der Waals surface area contributed by atoms with E-state index in [1.54, 1.807) is 7.05 Å². The van der Waals surface area contributed by atoms with Gasteiger partial charge in [0.2, 0.25) is 11.8 Å². The van der Waals surface area contributed by atoms with Crippen molar-refractivity contribution in [2.45, 2.75) is 37.8 Å². The fourth-order valence-corrected chi connectivity index (χ4v) is 5.02. The third-order valence-corrected chi connectivity index (χ3v) is 6.88. The predicted octanol–water partition coefficient (Wildman–Crippen LogP) is 2.50. The summed E-state index contributed by atoms with van der Waals surface area (Å²) in [6.45, 7) is 5.59. The third kappa shape index (κ3) is 4.57. The maximum Gasteiger partial charge on any atom is 0.238 e. The van der Waals surface area contributed by atoms with E-state index in [0.717, 1.165) is 11.1 Å². The van der Waals surface area contributed by atoms with Gasteiger partial charge in [-0.2, -0.15) is 0 Å². The molecule has 2 fully saturated rings. The molecule has 0 bridgehead atoms. The average molecular weight is 436 g/mol. The van der Waals surface area contributed by atoms with Crippen LogP contribution in [-0.4, -0.2) is 67.6 Å². The SMILES string of the molecule is CNC(=O)C1CN(C(=O)C2(c3cccc(C)c3)CCOCC2)CCN1Cc1ccccc1. The summed E-state index contributed by atoms with van der Waals surface area (Å²) < 4.78 is 5.63. The maximum absolute atomic E-state index is 14.0. The van der Waals surface area contributed by atoms with Crippen LogP contribution in [0.2, 0.25) is 0 Å². The molecule has 1 N–H and O–H groups in total. The lowest BCUT2D eigenvalue weighted by Gasteiger charge is -2.45. The van der Waals surface area contributed by atoms with Crippen molar-refractivity contribution in [3.63, 3.8) is 0 Å². The van der Waals surface area contributed by atoms with E-state index in [9.17, 15) is 9.59 Å². The molecule has 2 amide bonds. The Morgan fingerprint density at radius 1 is 1.06 bits per heavy atom. The molecule has 1 atom stereocenters. The zero-order valence-electron chi connectivity index (χ0n) is 19.0. The number of carbonyl (C=O) groups excluding carboxylic acids is 2. The second-order valence-electron chi connectivity index (χ2n) is 8.90. The van der Waals surface area contributed by atoms with Gasteiger partial charge in [0, 0.05) is 46.4 Å². The molecule has 170 valence electrons. The van der Waals surface area contributed by atoms with Gasteiger partial charge in [0.25, 0.3) is 0 Å². The highest BCUT2D eigenvalue weighted by Crippen LogP contribution is 2.38.